The molecule has 2 aromatic rings. The van der Waals surface area contributed by atoms with Gasteiger partial charge >= 0.3 is 0 Å². The molecule has 0 heterocycles. The Labute approximate surface area is 170 Å². The van der Waals surface area contributed by atoms with E-state index in [2.05, 4.69) is 42.5 Å². The number of amides is 2. The van der Waals surface area contributed by atoms with Gasteiger partial charge in [-0.1, -0.05) is 12.1 Å². The number of anilines is 1. The third-order valence-electron chi connectivity index (χ3n) is 3.76. The van der Waals surface area contributed by atoms with Gasteiger partial charge in [0, 0.05) is 28.1 Å². The van der Waals surface area contributed by atoms with Crippen LogP contribution in [0.5, 0.6) is 0 Å². The fraction of sp³-hybridized carbons (Fsp3) is 0.263. The van der Waals surface area contributed by atoms with Crippen LogP contribution < -0.4 is 10.6 Å². The van der Waals surface area contributed by atoms with E-state index in [0.717, 1.165) is 25.8 Å². The standard InChI is InChI=1S/C19H21Br2N3O2/c1-12-8-15(20)18(16(21)9-12)23-17(25)11-24(3)10-13-4-6-14(7-5-13)19(26)22-2/h4-9H,10-11H2,1-3H3,(H,22,26)(H,23,25). The molecule has 2 N–H and O–H groups in total. The van der Waals surface area contributed by atoms with Gasteiger partial charge in [-0.3, -0.25) is 14.5 Å². The summed E-state index contributed by atoms with van der Waals surface area (Å²) in [6.07, 6.45) is 0. The van der Waals surface area contributed by atoms with Crippen LogP contribution in [0, 0.1) is 6.92 Å². The van der Waals surface area contributed by atoms with Gasteiger partial charge in [0.1, 0.15) is 0 Å². The summed E-state index contributed by atoms with van der Waals surface area (Å²) in [4.78, 5) is 25.8. The second kappa shape index (κ2) is 9.30. The molecule has 0 saturated carbocycles. The van der Waals surface area contributed by atoms with Crippen molar-refractivity contribution in [3.63, 3.8) is 0 Å². The summed E-state index contributed by atoms with van der Waals surface area (Å²) in [5, 5.41) is 5.52. The minimum Gasteiger partial charge on any atom is -0.355 e. The molecule has 2 amide bonds. The molecule has 7 heteroatoms. The molecular formula is C19H21Br2N3O2. The molecule has 0 aliphatic heterocycles. The molecule has 0 radical (unpaired) electrons. The number of carbonyl (C=O) groups excluding carboxylic acids is 2. The van der Waals surface area contributed by atoms with Crippen molar-refractivity contribution in [2.24, 2.45) is 0 Å². The van der Waals surface area contributed by atoms with E-state index in [0.29, 0.717) is 12.1 Å². The Morgan fingerprint density at radius 3 is 2.19 bits per heavy atom. The molecule has 2 aromatic carbocycles. The SMILES string of the molecule is CNC(=O)c1ccc(CN(C)CC(=O)Nc2c(Br)cc(C)cc2Br)cc1. The summed E-state index contributed by atoms with van der Waals surface area (Å²) in [6, 6.07) is 11.3. The maximum atomic E-state index is 12.3. The molecule has 0 fully saturated rings. The third-order valence-corrected chi connectivity index (χ3v) is 5.01. The van der Waals surface area contributed by atoms with Crippen molar-refractivity contribution in [3.8, 4) is 0 Å². The fourth-order valence-electron chi connectivity index (χ4n) is 2.52. The molecule has 0 atom stereocenters. The van der Waals surface area contributed by atoms with E-state index in [1.54, 1.807) is 19.2 Å². The van der Waals surface area contributed by atoms with E-state index < -0.39 is 0 Å². The van der Waals surface area contributed by atoms with Crippen LogP contribution in [-0.2, 0) is 11.3 Å². The van der Waals surface area contributed by atoms with Crippen LogP contribution in [0.3, 0.4) is 0 Å². The fourth-order valence-corrected chi connectivity index (χ4v) is 4.13. The average Bonchev–Trinajstić information content (AvgIpc) is 2.58. The van der Waals surface area contributed by atoms with Crippen LogP contribution >= 0.6 is 31.9 Å². The number of halogens is 2. The summed E-state index contributed by atoms with van der Waals surface area (Å²) >= 11 is 6.96. The topological polar surface area (TPSA) is 61.4 Å². The molecule has 0 aliphatic rings. The minimum absolute atomic E-state index is 0.0975. The number of aryl methyl sites for hydroxylation is 1. The van der Waals surface area contributed by atoms with Crippen molar-refractivity contribution in [2.75, 3.05) is 26.0 Å². The summed E-state index contributed by atoms with van der Waals surface area (Å²) in [6.45, 7) is 2.85. The smallest absolute Gasteiger partial charge is 0.251 e. The normalized spacial score (nSPS) is 10.7. The van der Waals surface area contributed by atoms with E-state index >= 15 is 0 Å². The molecule has 138 valence electrons. The Balaban J connectivity index is 1.94. The Kier molecular flexibility index (Phi) is 7.37. The first-order valence-corrected chi connectivity index (χ1v) is 9.64. The molecule has 0 saturated heterocycles. The van der Waals surface area contributed by atoms with Crippen molar-refractivity contribution >= 4 is 49.4 Å². The highest BCUT2D eigenvalue weighted by molar-refractivity contribution is 9.11. The van der Waals surface area contributed by atoms with Crippen LogP contribution in [0.2, 0.25) is 0 Å². The van der Waals surface area contributed by atoms with E-state index in [1.165, 1.54) is 0 Å². The minimum atomic E-state index is -0.112. The second-order valence-corrected chi connectivity index (χ2v) is 7.81. The number of nitrogens with zero attached hydrogens (tertiary/aromatic N) is 1. The average molecular weight is 483 g/mol. The van der Waals surface area contributed by atoms with Gasteiger partial charge in [0.2, 0.25) is 5.91 Å². The van der Waals surface area contributed by atoms with Gasteiger partial charge in [-0.05, 0) is 81.2 Å². The Morgan fingerprint density at radius 1 is 1.08 bits per heavy atom. The van der Waals surface area contributed by atoms with Gasteiger partial charge in [-0.15, -0.1) is 0 Å². The maximum Gasteiger partial charge on any atom is 0.251 e. The van der Waals surface area contributed by atoms with Crippen LogP contribution in [0.15, 0.2) is 45.3 Å². The zero-order valence-corrected chi connectivity index (χ0v) is 18.1. The van der Waals surface area contributed by atoms with Crippen molar-refractivity contribution in [2.45, 2.75) is 13.5 Å². The van der Waals surface area contributed by atoms with Gasteiger partial charge < -0.3 is 10.6 Å². The highest BCUT2D eigenvalue weighted by Crippen LogP contribution is 2.32. The van der Waals surface area contributed by atoms with E-state index in [9.17, 15) is 9.59 Å². The Morgan fingerprint density at radius 2 is 1.65 bits per heavy atom. The first-order chi connectivity index (χ1) is 12.3. The number of hydrogen-bond acceptors (Lipinski definition) is 3. The lowest BCUT2D eigenvalue weighted by molar-refractivity contribution is -0.117. The number of hydrogen-bond donors (Lipinski definition) is 2. The van der Waals surface area contributed by atoms with Gasteiger partial charge in [0.25, 0.3) is 5.91 Å². The molecule has 26 heavy (non-hydrogen) atoms. The molecular weight excluding hydrogens is 462 g/mol. The molecule has 5 nitrogen and oxygen atoms in total. The second-order valence-electron chi connectivity index (χ2n) is 6.10. The first kappa shape index (κ1) is 20.6. The molecule has 2 rings (SSSR count). The number of likely N-dealkylation sites (N-methyl/N-ethyl adjacent to an activating group) is 1. The number of nitrogens with one attached hydrogen (secondary N) is 2. The first-order valence-electron chi connectivity index (χ1n) is 8.05. The van der Waals surface area contributed by atoms with E-state index in [1.807, 2.05) is 43.1 Å². The molecule has 0 aliphatic carbocycles. The molecule has 0 spiro atoms. The highest BCUT2D eigenvalue weighted by Gasteiger charge is 2.12. The maximum absolute atomic E-state index is 12.3. The summed E-state index contributed by atoms with van der Waals surface area (Å²) in [5.74, 6) is -0.210. The van der Waals surface area contributed by atoms with Gasteiger partial charge in [-0.25, -0.2) is 0 Å². The third kappa shape index (κ3) is 5.65. The van der Waals surface area contributed by atoms with Crippen molar-refractivity contribution in [3.05, 3.63) is 62.0 Å². The van der Waals surface area contributed by atoms with Crippen LogP contribution in [0.4, 0.5) is 5.69 Å². The van der Waals surface area contributed by atoms with E-state index in [-0.39, 0.29) is 18.4 Å². The predicted molar refractivity (Wildman–Crippen MR) is 111 cm³/mol. The zero-order chi connectivity index (χ0) is 19.3. The Hall–Kier alpha value is -1.70. The van der Waals surface area contributed by atoms with Gasteiger partial charge in [0.15, 0.2) is 0 Å². The largest absolute Gasteiger partial charge is 0.355 e. The summed E-state index contributed by atoms with van der Waals surface area (Å²) in [5.41, 5.74) is 3.47. The number of carbonyl (C=O) groups is 2. The monoisotopic (exact) mass is 481 g/mol. The quantitative estimate of drug-likeness (QED) is 0.655. The lowest BCUT2D eigenvalue weighted by Gasteiger charge is -2.17. The summed E-state index contributed by atoms with van der Waals surface area (Å²) in [7, 11) is 3.48. The van der Waals surface area contributed by atoms with Crippen LogP contribution in [0.25, 0.3) is 0 Å². The van der Waals surface area contributed by atoms with Gasteiger partial charge in [-0.2, -0.15) is 0 Å². The van der Waals surface area contributed by atoms with Gasteiger partial charge in [0.05, 0.1) is 12.2 Å². The molecule has 0 bridgehead atoms. The van der Waals surface area contributed by atoms with Crippen molar-refractivity contribution < 1.29 is 9.59 Å². The molecule has 0 aromatic heterocycles. The zero-order valence-electron chi connectivity index (χ0n) is 14.9. The van der Waals surface area contributed by atoms with Crippen molar-refractivity contribution in [1.82, 2.24) is 10.2 Å². The lowest BCUT2D eigenvalue weighted by atomic mass is 10.1. The molecule has 0 unspecified atom stereocenters. The van der Waals surface area contributed by atoms with Crippen LogP contribution in [0.1, 0.15) is 21.5 Å². The Bertz CT molecular complexity index is 784. The number of benzene rings is 2. The van der Waals surface area contributed by atoms with Crippen molar-refractivity contribution in [1.29, 1.82) is 0 Å². The lowest BCUT2D eigenvalue weighted by Crippen LogP contribution is -2.30. The van der Waals surface area contributed by atoms with Crippen LogP contribution in [-0.4, -0.2) is 37.4 Å². The predicted octanol–water partition coefficient (Wildman–Crippen LogP) is 3.95. The van der Waals surface area contributed by atoms with E-state index in [4.69, 9.17) is 0 Å². The summed E-state index contributed by atoms with van der Waals surface area (Å²) < 4.78 is 1.68. The number of rotatable bonds is 6. The highest BCUT2D eigenvalue weighted by atomic mass is 79.9.